The highest BCUT2D eigenvalue weighted by molar-refractivity contribution is 7.89. The Hall–Kier alpha value is -2.46. The predicted octanol–water partition coefficient (Wildman–Crippen LogP) is 2.32. The number of benzene rings is 2. The molecule has 9 heteroatoms. The van der Waals surface area contributed by atoms with Gasteiger partial charge in [0.25, 0.3) is 5.91 Å². The van der Waals surface area contributed by atoms with Gasteiger partial charge in [-0.2, -0.15) is 4.31 Å². The molecule has 2 saturated heterocycles. The van der Waals surface area contributed by atoms with Crippen molar-refractivity contribution in [2.45, 2.75) is 31.0 Å². The smallest absolute Gasteiger partial charge is 0.253 e. The molecule has 2 aliphatic heterocycles. The number of nitrogens with zero attached hydrogens (tertiary/aromatic N) is 3. The quantitative estimate of drug-likeness (QED) is 0.597. The lowest BCUT2D eigenvalue weighted by Crippen LogP contribution is -2.49. The fourth-order valence-electron chi connectivity index (χ4n) is 4.41. The molecule has 2 atom stereocenters. The minimum Gasteiger partial charge on any atom is -0.492 e. The maximum Gasteiger partial charge on any atom is 0.253 e. The standard InChI is InChI=1S/C25H33N3O5S/c1-20-18-28(19-21(2)33-20)34(30,31)24-10-8-22(9-11-24)25(29)27-14-12-26(13-15-27)16-17-32-23-6-4-3-5-7-23/h3-11,20-21H,12-19H2,1-2H3/t20-,21-/m0/s1. The molecule has 0 bridgehead atoms. The highest BCUT2D eigenvalue weighted by Gasteiger charge is 2.32. The molecule has 1 amide bonds. The topological polar surface area (TPSA) is 79.4 Å². The molecule has 184 valence electrons. The van der Waals surface area contributed by atoms with E-state index in [9.17, 15) is 13.2 Å². The van der Waals surface area contributed by atoms with E-state index in [4.69, 9.17) is 9.47 Å². The number of morpholine rings is 1. The largest absolute Gasteiger partial charge is 0.492 e. The summed E-state index contributed by atoms with van der Waals surface area (Å²) in [6, 6.07) is 16.0. The fourth-order valence-corrected chi connectivity index (χ4v) is 6.00. The number of carbonyl (C=O) groups excluding carboxylic acids is 1. The van der Waals surface area contributed by atoms with Crippen LogP contribution in [0, 0.1) is 0 Å². The highest BCUT2D eigenvalue weighted by Crippen LogP contribution is 2.22. The molecule has 2 aromatic carbocycles. The number of carbonyl (C=O) groups is 1. The lowest BCUT2D eigenvalue weighted by atomic mass is 10.2. The van der Waals surface area contributed by atoms with Gasteiger partial charge in [-0.1, -0.05) is 18.2 Å². The number of rotatable bonds is 7. The van der Waals surface area contributed by atoms with Crippen LogP contribution in [0.3, 0.4) is 0 Å². The lowest BCUT2D eigenvalue weighted by Gasteiger charge is -2.35. The van der Waals surface area contributed by atoms with E-state index in [0.717, 1.165) is 25.4 Å². The average Bonchev–Trinajstić information content (AvgIpc) is 2.84. The van der Waals surface area contributed by atoms with Crippen LogP contribution in [0.25, 0.3) is 0 Å². The van der Waals surface area contributed by atoms with Crippen LogP contribution in [-0.4, -0.2) is 93.1 Å². The average molecular weight is 488 g/mol. The summed E-state index contributed by atoms with van der Waals surface area (Å²) in [5, 5.41) is 0. The molecule has 0 aromatic heterocycles. The molecule has 0 N–H and O–H groups in total. The summed E-state index contributed by atoms with van der Waals surface area (Å²) in [6.45, 7) is 8.64. The Morgan fingerprint density at radius 3 is 2.18 bits per heavy atom. The molecule has 2 aliphatic rings. The first kappa shape index (κ1) is 24.7. The molecule has 8 nitrogen and oxygen atoms in total. The summed E-state index contributed by atoms with van der Waals surface area (Å²) in [5.41, 5.74) is 0.503. The Kier molecular flexibility index (Phi) is 7.88. The second kappa shape index (κ2) is 10.9. The van der Waals surface area contributed by atoms with Crippen LogP contribution in [0.2, 0.25) is 0 Å². The van der Waals surface area contributed by atoms with Crippen LogP contribution in [0.15, 0.2) is 59.5 Å². The molecule has 0 saturated carbocycles. The summed E-state index contributed by atoms with van der Waals surface area (Å²) in [7, 11) is -3.62. The second-order valence-corrected chi connectivity index (χ2v) is 10.8. The van der Waals surface area contributed by atoms with Crippen molar-refractivity contribution in [3.8, 4) is 5.75 Å². The van der Waals surface area contributed by atoms with Gasteiger partial charge in [0, 0.05) is 51.4 Å². The third kappa shape index (κ3) is 5.96. The van der Waals surface area contributed by atoms with Crippen molar-refractivity contribution >= 4 is 15.9 Å². The summed E-state index contributed by atoms with van der Waals surface area (Å²) >= 11 is 0. The molecule has 0 spiro atoms. The molecular formula is C25H33N3O5S. The van der Waals surface area contributed by atoms with Gasteiger partial charge in [0.05, 0.1) is 17.1 Å². The summed E-state index contributed by atoms with van der Waals surface area (Å²) in [4.78, 5) is 17.3. The van der Waals surface area contributed by atoms with Crippen LogP contribution >= 0.6 is 0 Å². The maximum atomic E-state index is 13.0. The van der Waals surface area contributed by atoms with E-state index in [2.05, 4.69) is 4.90 Å². The van der Waals surface area contributed by atoms with Crippen molar-refractivity contribution in [1.29, 1.82) is 0 Å². The van der Waals surface area contributed by atoms with Crippen LogP contribution in [0.4, 0.5) is 0 Å². The van der Waals surface area contributed by atoms with E-state index in [1.54, 1.807) is 12.1 Å². The Labute approximate surface area is 202 Å². The third-order valence-electron chi connectivity index (χ3n) is 6.20. The highest BCUT2D eigenvalue weighted by atomic mass is 32.2. The van der Waals surface area contributed by atoms with Crippen molar-refractivity contribution in [3.05, 3.63) is 60.2 Å². The van der Waals surface area contributed by atoms with Crippen molar-refractivity contribution < 1.29 is 22.7 Å². The lowest BCUT2D eigenvalue weighted by molar-refractivity contribution is -0.0440. The van der Waals surface area contributed by atoms with E-state index >= 15 is 0 Å². The first-order valence-corrected chi connectivity index (χ1v) is 13.2. The summed E-state index contributed by atoms with van der Waals surface area (Å²) in [6.07, 6.45) is -0.300. The first-order chi connectivity index (χ1) is 16.3. The predicted molar refractivity (Wildman–Crippen MR) is 129 cm³/mol. The zero-order chi connectivity index (χ0) is 24.1. The number of hydrogen-bond donors (Lipinski definition) is 0. The second-order valence-electron chi connectivity index (χ2n) is 8.90. The zero-order valence-electron chi connectivity index (χ0n) is 19.8. The van der Waals surface area contributed by atoms with Crippen molar-refractivity contribution in [1.82, 2.24) is 14.1 Å². The van der Waals surface area contributed by atoms with Gasteiger partial charge in [0.1, 0.15) is 12.4 Å². The number of amides is 1. The molecule has 2 heterocycles. The number of ether oxygens (including phenoxy) is 2. The van der Waals surface area contributed by atoms with Crippen molar-refractivity contribution in [2.75, 3.05) is 52.4 Å². The SMILES string of the molecule is C[C@H]1CN(S(=O)(=O)c2ccc(C(=O)N3CCN(CCOc4ccccc4)CC3)cc2)C[C@H](C)O1. The molecule has 2 aromatic rings. The van der Waals surface area contributed by atoms with Crippen molar-refractivity contribution in [3.63, 3.8) is 0 Å². The summed E-state index contributed by atoms with van der Waals surface area (Å²) < 4.78 is 38.9. The number of piperazine rings is 1. The van der Waals surface area contributed by atoms with Crippen LogP contribution in [0.1, 0.15) is 24.2 Å². The monoisotopic (exact) mass is 487 g/mol. The Balaban J connectivity index is 1.28. The van der Waals surface area contributed by atoms with E-state index in [1.807, 2.05) is 49.1 Å². The molecule has 4 rings (SSSR count). The molecular weight excluding hydrogens is 454 g/mol. The Bertz CT molecular complexity index is 1040. The minimum absolute atomic E-state index is 0.0715. The Morgan fingerprint density at radius 1 is 0.941 bits per heavy atom. The van der Waals surface area contributed by atoms with Crippen LogP contribution in [0.5, 0.6) is 5.75 Å². The first-order valence-electron chi connectivity index (χ1n) is 11.8. The van der Waals surface area contributed by atoms with E-state index in [-0.39, 0.29) is 23.0 Å². The molecule has 0 aliphatic carbocycles. The van der Waals surface area contributed by atoms with E-state index < -0.39 is 10.0 Å². The van der Waals surface area contributed by atoms with Gasteiger partial charge < -0.3 is 14.4 Å². The van der Waals surface area contributed by atoms with Gasteiger partial charge in [-0.25, -0.2) is 8.42 Å². The number of sulfonamides is 1. The van der Waals surface area contributed by atoms with E-state index in [1.165, 1.54) is 16.4 Å². The molecule has 2 fully saturated rings. The maximum absolute atomic E-state index is 13.0. The van der Waals surface area contributed by atoms with Gasteiger partial charge in [-0.05, 0) is 50.2 Å². The number of para-hydroxylation sites is 1. The van der Waals surface area contributed by atoms with Gasteiger partial charge in [-0.15, -0.1) is 0 Å². The molecule has 34 heavy (non-hydrogen) atoms. The molecule has 0 unspecified atom stereocenters. The molecule has 0 radical (unpaired) electrons. The van der Waals surface area contributed by atoms with Gasteiger partial charge in [-0.3, -0.25) is 9.69 Å². The Morgan fingerprint density at radius 2 is 1.56 bits per heavy atom. The van der Waals surface area contributed by atoms with Crippen molar-refractivity contribution in [2.24, 2.45) is 0 Å². The van der Waals surface area contributed by atoms with Gasteiger partial charge in [0.2, 0.25) is 10.0 Å². The minimum atomic E-state index is -3.62. The van der Waals surface area contributed by atoms with Crippen LogP contribution in [-0.2, 0) is 14.8 Å². The number of hydrogen-bond acceptors (Lipinski definition) is 6. The van der Waals surface area contributed by atoms with Gasteiger partial charge in [0.15, 0.2) is 0 Å². The third-order valence-corrected chi connectivity index (χ3v) is 8.05. The van der Waals surface area contributed by atoms with E-state index in [0.29, 0.717) is 38.3 Å². The summed E-state index contributed by atoms with van der Waals surface area (Å²) in [5.74, 6) is 0.789. The normalized spacial score (nSPS) is 22.5. The fraction of sp³-hybridized carbons (Fsp3) is 0.480. The zero-order valence-corrected chi connectivity index (χ0v) is 20.6. The van der Waals surface area contributed by atoms with Gasteiger partial charge >= 0.3 is 0 Å². The van der Waals surface area contributed by atoms with Crippen LogP contribution < -0.4 is 4.74 Å².